The van der Waals surface area contributed by atoms with Crippen molar-refractivity contribution in [3.8, 4) is 0 Å². The molecule has 0 aliphatic heterocycles. The van der Waals surface area contributed by atoms with Crippen LogP contribution < -0.4 is 0 Å². The van der Waals surface area contributed by atoms with Gasteiger partial charge in [0, 0.05) is 18.8 Å². The zero-order valence-corrected chi connectivity index (χ0v) is 10.7. The summed E-state index contributed by atoms with van der Waals surface area (Å²) in [5.41, 5.74) is 0.637. The monoisotopic (exact) mass is 234 g/mol. The number of carbonyl (C=O) groups is 1. The molecule has 94 valence electrons. The van der Waals surface area contributed by atoms with Crippen molar-refractivity contribution in [3.63, 3.8) is 0 Å². The molecular formula is C14H22N2O. The third-order valence-corrected chi connectivity index (χ3v) is 2.89. The molecule has 0 N–H and O–H groups in total. The Morgan fingerprint density at radius 2 is 1.59 bits per heavy atom. The van der Waals surface area contributed by atoms with E-state index in [1.165, 1.54) is 38.4 Å². The number of ketones is 1. The molecule has 1 heterocycles. The predicted octanol–water partition coefficient (Wildman–Crippen LogP) is 3.80. The first-order valence-corrected chi connectivity index (χ1v) is 6.62. The van der Waals surface area contributed by atoms with E-state index in [4.69, 9.17) is 0 Å². The Labute approximate surface area is 104 Å². The van der Waals surface area contributed by atoms with Crippen LogP contribution in [0.5, 0.6) is 0 Å². The lowest BCUT2D eigenvalue weighted by Crippen LogP contribution is -2.00. The molecule has 0 spiro atoms. The normalized spacial score (nSPS) is 10.4. The Kier molecular flexibility index (Phi) is 7.19. The van der Waals surface area contributed by atoms with Crippen LogP contribution in [0.1, 0.15) is 68.6 Å². The average molecular weight is 234 g/mol. The quantitative estimate of drug-likeness (QED) is 0.482. The molecule has 3 nitrogen and oxygen atoms in total. The van der Waals surface area contributed by atoms with Crippen molar-refractivity contribution in [1.29, 1.82) is 0 Å². The highest BCUT2D eigenvalue weighted by molar-refractivity contribution is 5.95. The lowest BCUT2D eigenvalue weighted by Gasteiger charge is -2.01. The first-order chi connectivity index (χ1) is 8.34. The van der Waals surface area contributed by atoms with Gasteiger partial charge in [-0.25, -0.2) is 9.97 Å². The molecule has 0 aromatic carbocycles. The number of aromatic nitrogens is 2. The third kappa shape index (κ3) is 6.15. The zero-order chi connectivity index (χ0) is 12.3. The lowest BCUT2D eigenvalue weighted by atomic mass is 10.0. The standard InChI is InChI=1S/C14H22N2O/c1-2-3-4-5-6-7-8-9-14(17)13-10-15-12-16-11-13/h10-12H,2-9H2,1H3. The molecule has 0 unspecified atom stereocenters. The van der Waals surface area contributed by atoms with E-state index in [9.17, 15) is 4.79 Å². The van der Waals surface area contributed by atoms with Gasteiger partial charge in [-0.2, -0.15) is 0 Å². The second-order valence-electron chi connectivity index (χ2n) is 4.42. The SMILES string of the molecule is CCCCCCCCCC(=O)c1cncnc1. The molecule has 0 aliphatic rings. The smallest absolute Gasteiger partial charge is 0.165 e. The first kappa shape index (κ1) is 13.8. The van der Waals surface area contributed by atoms with Crippen LogP contribution in [-0.2, 0) is 0 Å². The second-order valence-corrected chi connectivity index (χ2v) is 4.42. The number of nitrogens with zero attached hydrogens (tertiary/aromatic N) is 2. The van der Waals surface area contributed by atoms with Gasteiger partial charge >= 0.3 is 0 Å². The van der Waals surface area contributed by atoms with Crippen LogP contribution in [0.3, 0.4) is 0 Å². The molecule has 0 saturated heterocycles. The van der Waals surface area contributed by atoms with E-state index in [-0.39, 0.29) is 5.78 Å². The molecule has 1 aromatic rings. The van der Waals surface area contributed by atoms with Gasteiger partial charge in [0.15, 0.2) is 5.78 Å². The van der Waals surface area contributed by atoms with Crippen molar-refractivity contribution < 1.29 is 4.79 Å². The third-order valence-electron chi connectivity index (χ3n) is 2.89. The topological polar surface area (TPSA) is 42.9 Å². The second kappa shape index (κ2) is 8.85. The molecule has 1 aromatic heterocycles. The maximum atomic E-state index is 11.7. The Balaban J connectivity index is 2.05. The Morgan fingerprint density at radius 1 is 1.00 bits per heavy atom. The van der Waals surface area contributed by atoms with E-state index in [0.29, 0.717) is 12.0 Å². The molecule has 0 radical (unpaired) electrons. The van der Waals surface area contributed by atoms with Crippen LogP contribution in [0.25, 0.3) is 0 Å². The number of hydrogen-bond donors (Lipinski definition) is 0. The largest absolute Gasteiger partial charge is 0.294 e. The minimum absolute atomic E-state index is 0.166. The van der Waals surface area contributed by atoms with Crippen molar-refractivity contribution in [2.24, 2.45) is 0 Å². The number of unbranched alkanes of at least 4 members (excludes halogenated alkanes) is 6. The molecule has 0 atom stereocenters. The number of rotatable bonds is 9. The molecule has 0 saturated carbocycles. The fraction of sp³-hybridized carbons (Fsp3) is 0.643. The molecule has 0 aliphatic carbocycles. The molecule has 3 heteroatoms. The molecular weight excluding hydrogens is 212 g/mol. The highest BCUT2D eigenvalue weighted by atomic mass is 16.1. The maximum absolute atomic E-state index is 11.7. The van der Waals surface area contributed by atoms with Gasteiger partial charge in [-0.15, -0.1) is 0 Å². The first-order valence-electron chi connectivity index (χ1n) is 6.62. The van der Waals surface area contributed by atoms with E-state index >= 15 is 0 Å². The number of hydrogen-bond acceptors (Lipinski definition) is 3. The summed E-state index contributed by atoms with van der Waals surface area (Å²) < 4.78 is 0. The van der Waals surface area contributed by atoms with E-state index < -0.39 is 0 Å². The molecule has 1 rings (SSSR count). The highest BCUT2D eigenvalue weighted by Gasteiger charge is 2.05. The van der Waals surface area contributed by atoms with Crippen LogP contribution in [0.4, 0.5) is 0 Å². The van der Waals surface area contributed by atoms with Gasteiger partial charge < -0.3 is 0 Å². The van der Waals surface area contributed by atoms with Crippen molar-refractivity contribution in [2.75, 3.05) is 0 Å². The van der Waals surface area contributed by atoms with Crippen molar-refractivity contribution in [2.45, 2.75) is 58.3 Å². The van der Waals surface area contributed by atoms with Crippen molar-refractivity contribution in [3.05, 3.63) is 24.3 Å². The van der Waals surface area contributed by atoms with Crippen LogP contribution >= 0.6 is 0 Å². The molecule has 0 bridgehead atoms. The van der Waals surface area contributed by atoms with E-state index in [1.807, 2.05) is 0 Å². The van der Waals surface area contributed by atoms with Gasteiger partial charge in [-0.1, -0.05) is 45.4 Å². The van der Waals surface area contributed by atoms with Crippen LogP contribution in [-0.4, -0.2) is 15.8 Å². The van der Waals surface area contributed by atoms with Gasteiger partial charge in [-0.3, -0.25) is 4.79 Å². The van der Waals surface area contributed by atoms with Crippen molar-refractivity contribution >= 4 is 5.78 Å². The van der Waals surface area contributed by atoms with Gasteiger partial charge in [-0.05, 0) is 6.42 Å². The zero-order valence-electron chi connectivity index (χ0n) is 10.7. The van der Waals surface area contributed by atoms with E-state index in [0.717, 1.165) is 12.8 Å². The Hall–Kier alpha value is -1.25. The number of Topliss-reactive ketones (excluding diaryl/α,β-unsaturated/α-hetero) is 1. The van der Waals surface area contributed by atoms with Crippen LogP contribution in [0, 0.1) is 0 Å². The fourth-order valence-electron chi connectivity index (χ4n) is 1.83. The Morgan fingerprint density at radius 3 is 2.24 bits per heavy atom. The molecule has 17 heavy (non-hydrogen) atoms. The summed E-state index contributed by atoms with van der Waals surface area (Å²) in [6.45, 7) is 2.22. The van der Waals surface area contributed by atoms with E-state index in [2.05, 4.69) is 16.9 Å². The summed E-state index contributed by atoms with van der Waals surface area (Å²) in [5, 5.41) is 0. The average Bonchev–Trinajstić information content (AvgIpc) is 2.38. The fourth-order valence-corrected chi connectivity index (χ4v) is 1.83. The van der Waals surface area contributed by atoms with Gasteiger partial charge in [0.2, 0.25) is 0 Å². The lowest BCUT2D eigenvalue weighted by molar-refractivity contribution is 0.0978. The summed E-state index contributed by atoms with van der Waals surface area (Å²) in [6.07, 6.45) is 13.9. The highest BCUT2D eigenvalue weighted by Crippen LogP contribution is 2.10. The summed E-state index contributed by atoms with van der Waals surface area (Å²) in [7, 11) is 0. The molecule has 0 fully saturated rings. The van der Waals surface area contributed by atoms with Gasteiger partial charge in [0.1, 0.15) is 6.33 Å². The number of carbonyl (C=O) groups excluding carboxylic acids is 1. The summed E-state index contributed by atoms with van der Waals surface area (Å²) in [6, 6.07) is 0. The summed E-state index contributed by atoms with van der Waals surface area (Å²) >= 11 is 0. The van der Waals surface area contributed by atoms with E-state index in [1.54, 1.807) is 12.4 Å². The van der Waals surface area contributed by atoms with Gasteiger partial charge in [0.05, 0.1) is 5.56 Å². The van der Waals surface area contributed by atoms with Crippen LogP contribution in [0.15, 0.2) is 18.7 Å². The van der Waals surface area contributed by atoms with Crippen LogP contribution in [0.2, 0.25) is 0 Å². The van der Waals surface area contributed by atoms with Crippen molar-refractivity contribution in [1.82, 2.24) is 9.97 Å². The summed E-state index contributed by atoms with van der Waals surface area (Å²) in [5.74, 6) is 0.166. The maximum Gasteiger partial charge on any atom is 0.165 e. The molecule has 0 amide bonds. The minimum Gasteiger partial charge on any atom is -0.294 e. The minimum atomic E-state index is 0.166. The predicted molar refractivity (Wildman–Crippen MR) is 69.0 cm³/mol. The van der Waals surface area contributed by atoms with Gasteiger partial charge in [0.25, 0.3) is 0 Å². The Bertz CT molecular complexity index is 311. The summed E-state index contributed by atoms with van der Waals surface area (Å²) in [4.78, 5) is 19.4.